The van der Waals surface area contributed by atoms with Gasteiger partial charge in [-0.1, -0.05) is 18.2 Å². The van der Waals surface area contributed by atoms with Gasteiger partial charge >= 0.3 is 0 Å². The van der Waals surface area contributed by atoms with Crippen LogP contribution in [0.4, 0.5) is 5.82 Å². The number of para-hydroxylation sites is 2. The number of hydrogen-bond acceptors (Lipinski definition) is 9. The summed E-state index contributed by atoms with van der Waals surface area (Å²) in [7, 11) is 0. The van der Waals surface area contributed by atoms with Crippen LogP contribution in [-0.2, 0) is 11.3 Å². The number of anilines is 1. The monoisotopic (exact) mass is 548 g/mol. The van der Waals surface area contributed by atoms with Crippen LogP contribution >= 0.6 is 23.1 Å². The minimum absolute atomic E-state index is 0.0827. The van der Waals surface area contributed by atoms with Gasteiger partial charge in [-0.05, 0) is 36.6 Å². The number of nitrogens with zero attached hydrogens (tertiary/aromatic N) is 4. The topological polar surface area (TPSA) is 77.0 Å². The second kappa shape index (κ2) is 11.2. The second-order valence-electron chi connectivity index (χ2n) is 9.18. The molecule has 0 spiro atoms. The van der Waals surface area contributed by atoms with Crippen molar-refractivity contribution in [3.8, 4) is 11.5 Å². The van der Waals surface area contributed by atoms with Gasteiger partial charge in [-0.3, -0.25) is 9.78 Å². The first-order valence-corrected chi connectivity index (χ1v) is 14.6. The Morgan fingerprint density at radius 1 is 1.16 bits per heavy atom. The molecular formula is C28H28N4O4S2. The highest BCUT2D eigenvalue weighted by Gasteiger charge is 2.28. The fraction of sp³-hybridized carbons (Fsp3) is 0.321. The summed E-state index contributed by atoms with van der Waals surface area (Å²) in [6.45, 7) is 3.95. The molecule has 2 aromatic carbocycles. The molecule has 196 valence electrons. The van der Waals surface area contributed by atoms with E-state index in [1.807, 2.05) is 29.2 Å². The first-order chi connectivity index (χ1) is 18.7. The Labute approximate surface area is 229 Å². The molecule has 1 amide bonds. The Kier molecular flexibility index (Phi) is 7.35. The van der Waals surface area contributed by atoms with Crippen LogP contribution in [0.5, 0.6) is 11.5 Å². The average molecular weight is 549 g/mol. The molecule has 2 aliphatic rings. The number of amides is 1. The fourth-order valence-corrected chi connectivity index (χ4v) is 5.79. The Morgan fingerprint density at radius 2 is 2.00 bits per heavy atom. The molecule has 0 aliphatic carbocycles. The van der Waals surface area contributed by atoms with Crippen molar-refractivity contribution in [1.29, 1.82) is 0 Å². The molecule has 0 bridgehead atoms. The summed E-state index contributed by atoms with van der Waals surface area (Å²) in [6, 6.07) is 16.1. The molecule has 0 saturated carbocycles. The standard InChI is InChI=1S/C28H28N4O4S2/c1-37-22-7-6-19-12-20(27(30-23(19)13-22)31-8-10-34-11-9-31)15-32(28(33)26-14-29-18-38-26)16-21-17-35-24-4-2-3-5-25(24)36-21/h2-7,12-14,18,21H,8-11,15-17H2,1H3. The van der Waals surface area contributed by atoms with Crippen molar-refractivity contribution in [3.63, 3.8) is 0 Å². The van der Waals surface area contributed by atoms with E-state index in [9.17, 15) is 4.79 Å². The Morgan fingerprint density at radius 3 is 2.79 bits per heavy atom. The molecule has 2 aliphatic heterocycles. The van der Waals surface area contributed by atoms with Crippen molar-refractivity contribution in [1.82, 2.24) is 14.9 Å². The van der Waals surface area contributed by atoms with E-state index in [1.165, 1.54) is 16.2 Å². The number of fused-ring (bicyclic) bond motifs is 2. The molecule has 2 aromatic heterocycles. The van der Waals surface area contributed by atoms with Crippen LogP contribution in [0.2, 0.25) is 0 Å². The van der Waals surface area contributed by atoms with E-state index in [1.54, 1.807) is 23.5 Å². The van der Waals surface area contributed by atoms with E-state index in [4.69, 9.17) is 19.2 Å². The van der Waals surface area contributed by atoms with E-state index in [2.05, 4.69) is 40.4 Å². The van der Waals surface area contributed by atoms with Crippen molar-refractivity contribution >= 4 is 45.7 Å². The van der Waals surface area contributed by atoms with E-state index >= 15 is 0 Å². The number of morpholine rings is 1. The van der Waals surface area contributed by atoms with Gasteiger partial charge in [-0.25, -0.2) is 4.98 Å². The number of thiazole rings is 1. The minimum atomic E-state index is -0.300. The van der Waals surface area contributed by atoms with Crippen LogP contribution < -0.4 is 14.4 Å². The molecule has 10 heteroatoms. The number of thioether (sulfide) groups is 1. The summed E-state index contributed by atoms with van der Waals surface area (Å²) in [5, 5.41) is 1.05. The van der Waals surface area contributed by atoms with Gasteiger partial charge in [0.05, 0.1) is 37.0 Å². The number of pyridine rings is 1. The van der Waals surface area contributed by atoms with Gasteiger partial charge < -0.3 is 24.0 Å². The van der Waals surface area contributed by atoms with Crippen LogP contribution in [0.25, 0.3) is 10.9 Å². The lowest BCUT2D eigenvalue weighted by Gasteiger charge is -2.33. The normalized spacial score (nSPS) is 17.0. The summed E-state index contributed by atoms with van der Waals surface area (Å²) in [5.41, 5.74) is 3.62. The summed E-state index contributed by atoms with van der Waals surface area (Å²) in [5.74, 6) is 2.23. The first-order valence-electron chi connectivity index (χ1n) is 12.5. The molecule has 8 nitrogen and oxygen atoms in total. The molecule has 1 fully saturated rings. The maximum Gasteiger partial charge on any atom is 0.266 e. The molecule has 1 saturated heterocycles. The van der Waals surface area contributed by atoms with E-state index in [0.717, 1.165) is 41.1 Å². The molecule has 4 heterocycles. The SMILES string of the molecule is CSc1ccc2cc(CN(CC3COc4ccccc4O3)C(=O)c3cncs3)c(N3CCOCC3)nc2c1. The summed E-state index contributed by atoms with van der Waals surface area (Å²) >= 11 is 3.04. The third-order valence-electron chi connectivity index (χ3n) is 6.67. The lowest BCUT2D eigenvalue weighted by Crippen LogP contribution is -2.44. The number of carbonyl (C=O) groups is 1. The lowest BCUT2D eigenvalue weighted by molar-refractivity contribution is 0.0447. The van der Waals surface area contributed by atoms with Crippen molar-refractivity contribution in [2.75, 3.05) is 50.6 Å². The third-order valence-corrected chi connectivity index (χ3v) is 8.16. The maximum atomic E-state index is 13.7. The molecule has 1 unspecified atom stereocenters. The summed E-state index contributed by atoms with van der Waals surface area (Å²) in [4.78, 5) is 28.8. The number of benzene rings is 2. The second-order valence-corrected chi connectivity index (χ2v) is 10.9. The number of ether oxygens (including phenoxy) is 3. The van der Waals surface area contributed by atoms with E-state index < -0.39 is 0 Å². The first kappa shape index (κ1) is 25.0. The Hall–Kier alpha value is -3.34. The minimum Gasteiger partial charge on any atom is -0.486 e. The predicted octanol–water partition coefficient (Wildman–Crippen LogP) is 4.73. The highest BCUT2D eigenvalue weighted by Crippen LogP contribution is 2.32. The Bertz CT molecular complexity index is 1430. The van der Waals surface area contributed by atoms with Crippen LogP contribution in [0.3, 0.4) is 0 Å². The van der Waals surface area contributed by atoms with Crippen molar-refractivity contribution in [3.05, 3.63) is 70.7 Å². The quantitative estimate of drug-likeness (QED) is 0.307. The van der Waals surface area contributed by atoms with Gasteiger partial charge in [0, 0.05) is 35.5 Å². The number of rotatable bonds is 7. The lowest BCUT2D eigenvalue weighted by atomic mass is 10.1. The molecule has 0 N–H and O–H groups in total. The predicted molar refractivity (Wildman–Crippen MR) is 150 cm³/mol. The van der Waals surface area contributed by atoms with E-state index in [0.29, 0.717) is 43.5 Å². The van der Waals surface area contributed by atoms with Gasteiger partial charge in [0.15, 0.2) is 17.6 Å². The van der Waals surface area contributed by atoms with Gasteiger partial charge in [0.1, 0.15) is 17.3 Å². The van der Waals surface area contributed by atoms with Crippen molar-refractivity contribution in [2.24, 2.45) is 0 Å². The highest BCUT2D eigenvalue weighted by molar-refractivity contribution is 7.98. The average Bonchev–Trinajstić information content (AvgIpc) is 3.51. The molecule has 0 radical (unpaired) electrons. The number of aromatic nitrogens is 2. The fourth-order valence-electron chi connectivity index (χ4n) is 4.77. The van der Waals surface area contributed by atoms with Gasteiger partial charge in [0.25, 0.3) is 5.91 Å². The Balaban J connectivity index is 1.35. The van der Waals surface area contributed by atoms with Gasteiger partial charge in [0.2, 0.25) is 0 Å². The molecule has 1 atom stereocenters. The number of hydrogen-bond donors (Lipinski definition) is 0. The molecule has 4 aromatic rings. The largest absolute Gasteiger partial charge is 0.486 e. The van der Waals surface area contributed by atoms with Crippen LogP contribution in [0.15, 0.2) is 65.1 Å². The smallest absolute Gasteiger partial charge is 0.266 e. The number of carbonyl (C=O) groups excluding carboxylic acids is 1. The zero-order valence-electron chi connectivity index (χ0n) is 21.0. The summed E-state index contributed by atoms with van der Waals surface area (Å²) in [6.07, 6.45) is 3.39. The van der Waals surface area contributed by atoms with Crippen molar-refractivity contribution < 1.29 is 19.0 Å². The van der Waals surface area contributed by atoms with Gasteiger partial charge in [-0.15, -0.1) is 23.1 Å². The van der Waals surface area contributed by atoms with Gasteiger partial charge in [-0.2, -0.15) is 0 Å². The van der Waals surface area contributed by atoms with Crippen LogP contribution in [-0.4, -0.2) is 72.6 Å². The van der Waals surface area contributed by atoms with Crippen molar-refractivity contribution in [2.45, 2.75) is 17.5 Å². The zero-order valence-corrected chi connectivity index (χ0v) is 22.7. The highest BCUT2D eigenvalue weighted by atomic mass is 32.2. The van der Waals surface area contributed by atoms with E-state index in [-0.39, 0.29) is 12.0 Å². The molecular weight excluding hydrogens is 520 g/mol. The maximum absolute atomic E-state index is 13.7. The molecule has 38 heavy (non-hydrogen) atoms. The zero-order chi connectivity index (χ0) is 25.9. The molecule has 6 rings (SSSR count). The third kappa shape index (κ3) is 5.29. The summed E-state index contributed by atoms with van der Waals surface area (Å²) < 4.78 is 17.8. The van der Waals surface area contributed by atoms with Crippen LogP contribution in [0.1, 0.15) is 15.2 Å². The van der Waals surface area contributed by atoms with Crippen LogP contribution in [0, 0.1) is 0 Å².